The number of piperazine rings is 1. The molecule has 3 aromatic rings. The summed E-state index contributed by atoms with van der Waals surface area (Å²) in [5.74, 6) is 0.407. The maximum Gasteiger partial charge on any atom is 0.273 e. The second kappa shape index (κ2) is 7.66. The molecule has 29 heavy (non-hydrogen) atoms. The molecule has 1 fully saturated rings. The van der Waals surface area contributed by atoms with E-state index < -0.39 is 4.92 Å². The molecule has 2 aromatic carbocycles. The first-order chi connectivity index (χ1) is 14.0. The Morgan fingerprint density at radius 2 is 1.79 bits per heavy atom. The van der Waals surface area contributed by atoms with E-state index in [2.05, 4.69) is 15.5 Å². The number of benzene rings is 2. The Morgan fingerprint density at radius 3 is 2.48 bits per heavy atom. The van der Waals surface area contributed by atoms with Crippen LogP contribution < -0.4 is 4.90 Å². The number of aromatic nitrogens is 4. The van der Waals surface area contributed by atoms with E-state index in [1.165, 1.54) is 6.07 Å². The van der Waals surface area contributed by atoms with E-state index >= 15 is 0 Å². The Morgan fingerprint density at radius 1 is 1.07 bits per heavy atom. The summed E-state index contributed by atoms with van der Waals surface area (Å²) >= 11 is 0. The molecule has 2 heterocycles. The van der Waals surface area contributed by atoms with Gasteiger partial charge in [0.05, 0.1) is 10.6 Å². The van der Waals surface area contributed by atoms with Crippen molar-refractivity contribution < 1.29 is 9.72 Å². The van der Waals surface area contributed by atoms with Gasteiger partial charge < -0.3 is 9.80 Å². The number of amides is 1. The Balaban J connectivity index is 1.47. The van der Waals surface area contributed by atoms with Crippen molar-refractivity contribution in [1.82, 2.24) is 25.1 Å². The summed E-state index contributed by atoms with van der Waals surface area (Å²) in [7, 11) is 0. The zero-order valence-corrected chi connectivity index (χ0v) is 15.8. The molecule has 0 spiro atoms. The summed E-state index contributed by atoms with van der Waals surface area (Å²) in [6.07, 6.45) is 0. The zero-order chi connectivity index (χ0) is 20.4. The quantitative estimate of drug-likeness (QED) is 0.491. The van der Waals surface area contributed by atoms with Gasteiger partial charge >= 0.3 is 0 Å². The van der Waals surface area contributed by atoms with E-state index in [9.17, 15) is 14.9 Å². The second-order valence-electron chi connectivity index (χ2n) is 6.76. The number of anilines is 1. The van der Waals surface area contributed by atoms with Crippen LogP contribution in [0, 0.1) is 17.0 Å². The molecular weight excluding hydrogens is 374 g/mol. The highest BCUT2D eigenvalue weighted by Crippen LogP contribution is 2.22. The van der Waals surface area contributed by atoms with Gasteiger partial charge in [0.25, 0.3) is 11.6 Å². The van der Waals surface area contributed by atoms with Gasteiger partial charge in [-0.2, -0.15) is 4.68 Å². The van der Waals surface area contributed by atoms with Crippen molar-refractivity contribution in [3.05, 3.63) is 69.8 Å². The van der Waals surface area contributed by atoms with Crippen molar-refractivity contribution in [3.63, 3.8) is 0 Å². The summed E-state index contributed by atoms with van der Waals surface area (Å²) in [4.78, 5) is 27.2. The van der Waals surface area contributed by atoms with E-state index in [0.717, 1.165) is 5.69 Å². The summed E-state index contributed by atoms with van der Waals surface area (Å²) in [5.41, 5.74) is 1.67. The third kappa shape index (κ3) is 3.64. The van der Waals surface area contributed by atoms with Crippen molar-refractivity contribution in [2.45, 2.75) is 6.92 Å². The molecule has 10 heteroatoms. The molecule has 1 saturated heterocycles. The van der Waals surface area contributed by atoms with Crippen LogP contribution in [0.1, 0.15) is 15.9 Å². The number of hydrogen-bond acceptors (Lipinski definition) is 7. The number of carbonyl (C=O) groups excluding carboxylic acids is 1. The molecule has 10 nitrogen and oxygen atoms in total. The highest BCUT2D eigenvalue weighted by molar-refractivity contribution is 5.95. The SMILES string of the molecule is Cc1ccc(C(=O)N2CCN(c3nnnn3-c3ccccc3)CC2)cc1[N+](=O)[O-]. The predicted molar refractivity (Wildman–Crippen MR) is 105 cm³/mol. The lowest BCUT2D eigenvalue weighted by molar-refractivity contribution is -0.385. The highest BCUT2D eigenvalue weighted by atomic mass is 16.6. The molecule has 1 aromatic heterocycles. The first-order valence-electron chi connectivity index (χ1n) is 9.17. The molecule has 1 amide bonds. The topological polar surface area (TPSA) is 110 Å². The fraction of sp³-hybridized carbons (Fsp3) is 0.263. The monoisotopic (exact) mass is 393 g/mol. The van der Waals surface area contributed by atoms with Crippen LogP contribution >= 0.6 is 0 Å². The average Bonchev–Trinajstić information content (AvgIpc) is 3.24. The van der Waals surface area contributed by atoms with Crippen LogP contribution in [0.2, 0.25) is 0 Å². The van der Waals surface area contributed by atoms with Crippen molar-refractivity contribution in [2.75, 3.05) is 31.1 Å². The average molecular weight is 393 g/mol. The number of nitro groups is 1. The first kappa shape index (κ1) is 18.5. The van der Waals surface area contributed by atoms with Gasteiger partial charge in [-0.25, -0.2) is 0 Å². The van der Waals surface area contributed by atoms with E-state index in [1.54, 1.807) is 28.6 Å². The van der Waals surface area contributed by atoms with Gasteiger partial charge in [-0.3, -0.25) is 14.9 Å². The standard InChI is InChI=1S/C19H19N7O3/c1-14-7-8-15(13-17(14)26(28)29)18(27)23-9-11-24(12-10-23)19-20-21-22-25(19)16-5-3-2-4-6-16/h2-8,13H,9-12H2,1H3. The van der Waals surface area contributed by atoms with Crippen molar-refractivity contribution in [2.24, 2.45) is 0 Å². The lowest BCUT2D eigenvalue weighted by atomic mass is 10.1. The van der Waals surface area contributed by atoms with E-state index in [0.29, 0.717) is 43.3 Å². The molecule has 0 atom stereocenters. The Kier molecular flexibility index (Phi) is 4.90. The third-order valence-electron chi connectivity index (χ3n) is 4.96. The van der Waals surface area contributed by atoms with E-state index in [1.807, 2.05) is 35.2 Å². The van der Waals surface area contributed by atoms with Gasteiger partial charge in [0.2, 0.25) is 5.95 Å². The van der Waals surface area contributed by atoms with Crippen molar-refractivity contribution in [3.8, 4) is 5.69 Å². The smallest absolute Gasteiger partial charge is 0.273 e. The largest absolute Gasteiger partial charge is 0.336 e. The third-order valence-corrected chi connectivity index (χ3v) is 4.96. The number of nitrogens with zero attached hydrogens (tertiary/aromatic N) is 7. The molecule has 0 aliphatic carbocycles. The molecule has 1 aliphatic heterocycles. The fourth-order valence-electron chi connectivity index (χ4n) is 3.35. The molecule has 0 unspecified atom stereocenters. The molecule has 0 radical (unpaired) electrons. The van der Waals surface area contributed by atoms with Crippen molar-refractivity contribution >= 4 is 17.5 Å². The van der Waals surface area contributed by atoms with Gasteiger partial charge in [0.1, 0.15) is 0 Å². The fourth-order valence-corrected chi connectivity index (χ4v) is 3.35. The Bertz CT molecular complexity index is 1040. The van der Waals surface area contributed by atoms with Gasteiger partial charge in [-0.15, -0.1) is 0 Å². The number of nitro benzene ring substituents is 1. The maximum atomic E-state index is 12.8. The molecule has 4 rings (SSSR count). The van der Waals surface area contributed by atoms with Gasteiger partial charge in [0.15, 0.2) is 0 Å². The van der Waals surface area contributed by atoms with Crippen LogP contribution in [0.4, 0.5) is 11.6 Å². The van der Waals surface area contributed by atoms with Crippen LogP contribution in [-0.4, -0.2) is 62.1 Å². The highest BCUT2D eigenvalue weighted by Gasteiger charge is 2.26. The lowest BCUT2D eigenvalue weighted by Crippen LogP contribution is -2.49. The number of tetrazole rings is 1. The summed E-state index contributed by atoms with van der Waals surface area (Å²) in [6.45, 7) is 3.73. The molecule has 148 valence electrons. The number of rotatable bonds is 4. The predicted octanol–water partition coefficient (Wildman–Crippen LogP) is 1.84. The van der Waals surface area contributed by atoms with Crippen LogP contribution in [-0.2, 0) is 0 Å². The number of carbonyl (C=O) groups is 1. The van der Waals surface area contributed by atoms with Gasteiger partial charge in [-0.05, 0) is 35.5 Å². The lowest BCUT2D eigenvalue weighted by Gasteiger charge is -2.34. The minimum atomic E-state index is -0.465. The van der Waals surface area contributed by atoms with Crippen LogP contribution in [0.25, 0.3) is 5.69 Å². The Labute approximate surface area is 166 Å². The van der Waals surface area contributed by atoms with Crippen LogP contribution in [0.3, 0.4) is 0 Å². The first-order valence-corrected chi connectivity index (χ1v) is 9.17. The number of para-hydroxylation sites is 1. The molecule has 0 bridgehead atoms. The van der Waals surface area contributed by atoms with Crippen LogP contribution in [0.15, 0.2) is 48.5 Å². The number of aryl methyl sites for hydroxylation is 1. The molecule has 0 N–H and O–H groups in total. The van der Waals surface area contributed by atoms with Gasteiger partial charge in [-0.1, -0.05) is 29.4 Å². The normalized spacial score (nSPS) is 14.1. The molecular formula is C19H19N7O3. The second-order valence-corrected chi connectivity index (χ2v) is 6.76. The van der Waals surface area contributed by atoms with Crippen molar-refractivity contribution in [1.29, 1.82) is 0 Å². The maximum absolute atomic E-state index is 12.8. The summed E-state index contributed by atoms with van der Waals surface area (Å²) in [5, 5.41) is 23.1. The zero-order valence-electron chi connectivity index (χ0n) is 15.8. The molecule has 0 saturated carbocycles. The van der Waals surface area contributed by atoms with Gasteiger partial charge in [0, 0.05) is 43.4 Å². The van der Waals surface area contributed by atoms with E-state index in [-0.39, 0.29) is 11.6 Å². The minimum absolute atomic E-state index is 0.0449. The Hall–Kier alpha value is -3.82. The summed E-state index contributed by atoms with van der Waals surface area (Å²) < 4.78 is 1.67. The number of hydrogen-bond donors (Lipinski definition) is 0. The minimum Gasteiger partial charge on any atom is -0.336 e. The summed E-state index contributed by atoms with van der Waals surface area (Å²) in [6, 6.07) is 14.2. The molecule has 1 aliphatic rings. The van der Waals surface area contributed by atoms with Crippen LogP contribution in [0.5, 0.6) is 0 Å². The van der Waals surface area contributed by atoms with E-state index in [4.69, 9.17) is 0 Å².